The van der Waals surface area contributed by atoms with Gasteiger partial charge in [0.25, 0.3) is 0 Å². The van der Waals surface area contributed by atoms with E-state index in [2.05, 4.69) is 20.3 Å². The van der Waals surface area contributed by atoms with Crippen LogP contribution in [0.5, 0.6) is 0 Å². The maximum Gasteiger partial charge on any atom is 0.175 e. The molecule has 1 aromatic carbocycles. The van der Waals surface area contributed by atoms with Gasteiger partial charge in [-0.2, -0.15) is 0 Å². The molecule has 7 nitrogen and oxygen atoms in total. The Morgan fingerprint density at radius 1 is 1.30 bits per heavy atom. The lowest BCUT2D eigenvalue weighted by Gasteiger charge is -2.23. The van der Waals surface area contributed by atoms with Gasteiger partial charge in [-0.3, -0.25) is 0 Å². The topological polar surface area (TPSA) is 102 Å². The van der Waals surface area contributed by atoms with E-state index in [-0.39, 0.29) is 12.1 Å². The number of aliphatic hydroxyl groups is 1. The van der Waals surface area contributed by atoms with Crippen LogP contribution in [0.2, 0.25) is 10.0 Å². The number of hydrogen-bond acceptors (Lipinski definition) is 7. The van der Waals surface area contributed by atoms with E-state index in [9.17, 15) is 5.11 Å². The van der Waals surface area contributed by atoms with Crippen molar-refractivity contribution in [3.63, 3.8) is 0 Å². The van der Waals surface area contributed by atoms with E-state index in [0.29, 0.717) is 45.3 Å². The Morgan fingerprint density at radius 2 is 2.07 bits per heavy atom. The first kappa shape index (κ1) is 20.2. The van der Waals surface area contributed by atoms with Gasteiger partial charge in [-0.1, -0.05) is 35.0 Å². The molecule has 0 spiro atoms. The van der Waals surface area contributed by atoms with Gasteiger partial charge in [0.05, 0.1) is 11.6 Å². The Hall–Kier alpha value is -1.58. The van der Waals surface area contributed by atoms with Crippen LogP contribution in [0.1, 0.15) is 13.8 Å². The standard InChI is InChI=1S/C17H20Cl2N6OS/c1-17(2,8-26)23-5-6-25-15-13(14(20)21-9-22-15)24-16(25)27-12-4-3-10(18)7-11(12)19/h3-4,7,9,23,26H,5-6,8H2,1-2H3,(H2,20,21,22). The van der Waals surface area contributed by atoms with Gasteiger partial charge in [-0.05, 0) is 32.0 Å². The lowest BCUT2D eigenvalue weighted by atomic mass is 10.1. The van der Waals surface area contributed by atoms with Gasteiger partial charge >= 0.3 is 0 Å². The fourth-order valence-corrected chi connectivity index (χ4v) is 3.87. The van der Waals surface area contributed by atoms with Gasteiger partial charge in [0, 0.05) is 28.5 Å². The SMILES string of the molecule is CC(C)(CO)NCCn1c(Sc2ccc(Cl)cc2Cl)nc2c(N)ncnc21. The lowest BCUT2D eigenvalue weighted by Crippen LogP contribution is -2.44. The number of nitrogens with zero attached hydrogens (tertiary/aromatic N) is 4. The van der Waals surface area contributed by atoms with Crippen molar-refractivity contribution in [3.05, 3.63) is 34.6 Å². The predicted octanol–water partition coefficient (Wildman–Crippen LogP) is 3.23. The van der Waals surface area contributed by atoms with Crippen LogP contribution < -0.4 is 11.1 Å². The van der Waals surface area contributed by atoms with E-state index in [1.165, 1.54) is 18.1 Å². The second-order valence-electron chi connectivity index (χ2n) is 6.62. The molecule has 0 aliphatic rings. The van der Waals surface area contributed by atoms with Gasteiger partial charge in [0.2, 0.25) is 0 Å². The highest BCUT2D eigenvalue weighted by Gasteiger charge is 2.19. The highest BCUT2D eigenvalue weighted by Crippen LogP contribution is 2.36. The van der Waals surface area contributed by atoms with Crippen molar-refractivity contribution in [2.24, 2.45) is 0 Å². The lowest BCUT2D eigenvalue weighted by molar-refractivity contribution is 0.187. The average Bonchev–Trinajstić information content (AvgIpc) is 2.96. The van der Waals surface area contributed by atoms with Gasteiger partial charge in [-0.25, -0.2) is 15.0 Å². The summed E-state index contributed by atoms with van der Waals surface area (Å²) >= 11 is 13.7. The quantitative estimate of drug-likeness (QED) is 0.532. The van der Waals surface area contributed by atoms with Crippen LogP contribution >= 0.6 is 35.0 Å². The second kappa shape index (κ2) is 8.20. The number of halogens is 2. The summed E-state index contributed by atoms with van der Waals surface area (Å²) in [4.78, 5) is 13.8. The first-order valence-electron chi connectivity index (χ1n) is 8.26. The summed E-state index contributed by atoms with van der Waals surface area (Å²) in [5.41, 5.74) is 6.79. The molecular formula is C17H20Cl2N6OS. The number of fused-ring (bicyclic) bond motifs is 1. The fraction of sp³-hybridized carbons (Fsp3) is 0.353. The van der Waals surface area contributed by atoms with E-state index >= 15 is 0 Å². The van der Waals surface area contributed by atoms with E-state index < -0.39 is 0 Å². The number of nitrogens with two attached hydrogens (primary N) is 1. The first-order chi connectivity index (χ1) is 12.8. The van der Waals surface area contributed by atoms with Crippen molar-refractivity contribution in [2.45, 2.75) is 36.0 Å². The van der Waals surface area contributed by atoms with Gasteiger partial charge in [0.15, 0.2) is 22.1 Å². The molecular weight excluding hydrogens is 407 g/mol. The van der Waals surface area contributed by atoms with Gasteiger partial charge in [-0.15, -0.1) is 0 Å². The van der Waals surface area contributed by atoms with Crippen molar-refractivity contribution in [2.75, 3.05) is 18.9 Å². The maximum absolute atomic E-state index is 9.41. The van der Waals surface area contributed by atoms with Crippen LogP contribution in [-0.4, -0.2) is 43.3 Å². The zero-order valence-corrected chi connectivity index (χ0v) is 17.2. The Bertz CT molecular complexity index is 962. The average molecular weight is 427 g/mol. The molecule has 3 rings (SSSR count). The third-order valence-corrected chi connectivity index (χ3v) is 5.68. The summed E-state index contributed by atoms with van der Waals surface area (Å²) in [6.45, 7) is 5.11. The maximum atomic E-state index is 9.41. The number of anilines is 1. The molecule has 0 bridgehead atoms. The van der Waals surface area contributed by atoms with E-state index in [1.807, 2.05) is 24.5 Å². The number of hydrogen-bond donors (Lipinski definition) is 3. The molecule has 27 heavy (non-hydrogen) atoms. The Morgan fingerprint density at radius 3 is 2.78 bits per heavy atom. The molecule has 3 aromatic rings. The zero-order valence-electron chi connectivity index (χ0n) is 14.9. The molecule has 0 saturated heterocycles. The number of rotatable bonds is 7. The number of nitrogen functional groups attached to an aromatic ring is 1. The number of aliphatic hydroxyl groups excluding tert-OH is 1. The summed E-state index contributed by atoms with van der Waals surface area (Å²) in [5.74, 6) is 0.325. The molecule has 4 N–H and O–H groups in total. The molecule has 0 amide bonds. The molecule has 0 aliphatic carbocycles. The summed E-state index contributed by atoms with van der Waals surface area (Å²) in [6.07, 6.45) is 1.42. The first-order valence-corrected chi connectivity index (χ1v) is 9.83. The molecule has 2 aromatic heterocycles. The third kappa shape index (κ3) is 4.64. The normalized spacial score (nSPS) is 12.0. The van der Waals surface area contributed by atoms with Crippen molar-refractivity contribution in [1.82, 2.24) is 24.8 Å². The molecule has 0 saturated carbocycles. The Kier molecular flexibility index (Phi) is 6.12. The molecule has 0 aliphatic heterocycles. The molecule has 10 heteroatoms. The van der Waals surface area contributed by atoms with Crippen LogP contribution in [0.4, 0.5) is 5.82 Å². The highest BCUT2D eigenvalue weighted by molar-refractivity contribution is 7.99. The van der Waals surface area contributed by atoms with E-state index in [0.717, 1.165) is 4.90 Å². The number of aromatic nitrogens is 4. The van der Waals surface area contributed by atoms with Crippen molar-refractivity contribution >= 4 is 51.9 Å². The minimum Gasteiger partial charge on any atom is -0.394 e. The molecule has 0 unspecified atom stereocenters. The fourth-order valence-electron chi connectivity index (χ4n) is 2.43. The number of benzene rings is 1. The molecule has 144 valence electrons. The summed E-state index contributed by atoms with van der Waals surface area (Å²) in [6, 6.07) is 5.32. The van der Waals surface area contributed by atoms with Gasteiger partial charge < -0.3 is 20.7 Å². The molecule has 0 radical (unpaired) electrons. The third-order valence-electron chi connectivity index (χ3n) is 3.95. The monoisotopic (exact) mass is 426 g/mol. The van der Waals surface area contributed by atoms with Crippen LogP contribution in [0, 0.1) is 0 Å². The minimum atomic E-state index is -0.378. The zero-order chi connectivity index (χ0) is 19.6. The predicted molar refractivity (Wildman–Crippen MR) is 109 cm³/mol. The van der Waals surface area contributed by atoms with Crippen LogP contribution in [-0.2, 0) is 6.54 Å². The summed E-state index contributed by atoms with van der Waals surface area (Å²) in [5, 5.41) is 14.5. The second-order valence-corrected chi connectivity index (χ2v) is 8.48. The highest BCUT2D eigenvalue weighted by atomic mass is 35.5. The number of imidazole rings is 1. The number of nitrogens with one attached hydrogen (secondary N) is 1. The molecule has 0 atom stereocenters. The smallest absolute Gasteiger partial charge is 0.175 e. The largest absolute Gasteiger partial charge is 0.394 e. The Balaban J connectivity index is 1.94. The molecule has 2 heterocycles. The van der Waals surface area contributed by atoms with Crippen molar-refractivity contribution in [1.29, 1.82) is 0 Å². The minimum absolute atomic E-state index is 0.0365. The summed E-state index contributed by atoms with van der Waals surface area (Å²) < 4.78 is 1.96. The Labute approximate surface area is 171 Å². The van der Waals surface area contributed by atoms with Crippen LogP contribution in [0.15, 0.2) is 34.6 Å². The van der Waals surface area contributed by atoms with Crippen LogP contribution in [0.25, 0.3) is 11.2 Å². The van der Waals surface area contributed by atoms with E-state index in [4.69, 9.17) is 28.9 Å². The molecule has 0 fully saturated rings. The van der Waals surface area contributed by atoms with Gasteiger partial charge in [0.1, 0.15) is 6.33 Å². The van der Waals surface area contributed by atoms with Crippen molar-refractivity contribution < 1.29 is 5.11 Å². The van der Waals surface area contributed by atoms with E-state index in [1.54, 1.807) is 12.1 Å². The van der Waals surface area contributed by atoms with Crippen molar-refractivity contribution in [3.8, 4) is 0 Å². The summed E-state index contributed by atoms with van der Waals surface area (Å²) in [7, 11) is 0. The van der Waals surface area contributed by atoms with Crippen LogP contribution in [0.3, 0.4) is 0 Å².